The molecule has 0 aliphatic heterocycles. The second kappa shape index (κ2) is 7.42. The van der Waals surface area contributed by atoms with Crippen LogP contribution in [0, 0.1) is 20.8 Å². The predicted molar refractivity (Wildman–Crippen MR) is 110 cm³/mol. The van der Waals surface area contributed by atoms with Crippen LogP contribution in [0.25, 0.3) is 11.0 Å². The van der Waals surface area contributed by atoms with Gasteiger partial charge in [-0.2, -0.15) is 0 Å². The van der Waals surface area contributed by atoms with Crippen LogP contribution < -0.4 is 16.6 Å². The molecule has 0 aliphatic rings. The van der Waals surface area contributed by atoms with Crippen LogP contribution in [-0.2, 0) is 25.3 Å². The van der Waals surface area contributed by atoms with Gasteiger partial charge in [-0.25, -0.2) is 9.78 Å². The maximum atomic E-state index is 12.6. The van der Waals surface area contributed by atoms with E-state index in [-0.39, 0.29) is 17.9 Å². The number of nitrogens with one attached hydrogen (secondary N) is 1. The molecule has 0 saturated carbocycles. The molecule has 1 aromatic carbocycles. The van der Waals surface area contributed by atoms with Gasteiger partial charge in [0.1, 0.15) is 5.65 Å². The third-order valence-corrected chi connectivity index (χ3v) is 5.08. The Hall–Kier alpha value is -3.22. The molecule has 7 heteroatoms. The zero-order valence-corrected chi connectivity index (χ0v) is 16.8. The number of anilines is 1. The third kappa shape index (κ3) is 3.47. The van der Waals surface area contributed by atoms with Crippen molar-refractivity contribution in [3.8, 4) is 0 Å². The lowest BCUT2D eigenvalue weighted by Gasteiger charge is -2.15. The van der Waals surface area contributed by atoms with E-state index in [0.29, 0.717) is 17.5 Å². The van der Waals surface area contributed by atoms with Crippen molar-refractivity contribution in [1.29, 1.82) is 0 Å². The molecule has 3 rings (SSSR count). The molecule has 1 N–H and O–H groups in total. The van der Waals surface area contributed by atoms with Crippen molar-refractivity contribution in [3.63, 3.8) is 0 Å². The minimum atomic E-state index is -0.408. The lowest BCUT2D eigenvalue weighted by atomic mass is 10.00. The quantitative estimate of drug-likeness (QED) is 0.751. The number of rotatable bonds is 4. The minimum absolute atomic E-state index is 0.0992. The summed E-state index contributed by atoms with van der Waals surface area (Å²) in [5.74, 6) is -0.0992. The Morgan fingerprint density at radius 1 is 1.11 bits per heavy atom. The van der Waals surface area contributed by atoms with Gasteiger partial charge in [0.2, 0.25) is 5.91 Å². The molecule has 0 unspecified atom stereocenters. The van der Waals surface area contributed by atoms with Gasteiger partial charge in [0.15, 0.2) is 0 Å². The van der Waals surface area contributed by atoms with Crippen molar-refractivity contribution in [2.75, 3.05) is 5.32 Å². The van der Waals surface area contributed by atoms with Crippen molar-refractivity contribution in [3.05, 3.63) is 67.5 Å². The van der Waals surface area contributed by atoms with Crippen LogP contribution in [0.5, 0.6) is 0 Å². The maximum Gasteiger partial charge on any atom is 0.332 e. The number of benzene rings is 1. The Morgan fingerprint density at radius 2 is 1.82 bits per heavy atom. The molecule has 0 bridgehead atoms. The number of nitrogens with zero attached hydrogens (tertiary/aromatic N) is 3. The van der Waals surface area contributed by atoms with E-state index in [1.807, 2.05) is 45.0 Å². The van der Waals surface area contributed by atoms with E-state index < -0.39 is 5.69 Å². The van der Waals surface area contributed by atoms with Crippen LogP contribution in [0.1, 0.15) is 28.8 Å². The van der Waals surface area contributed by atoms with Crippen molar-refractivity contribution >= 4 is 22.6 Å². The Bertz CT molecular complexity index is 1200. The Kier molecular flexibility index (Phi) is 5.18. The van der Waals surface area contributed by atoms with Crippen LogP contribution in [-0.4, -0.2) is 20.0 Å². The molecule has 2 aromatic heterocycles. The highest BCUT2D eigenvalue weighted by Crippen LogP contribution is 2.21. The number of aryl methyl sites for hydroxylation is 4. The van der Waals surface area contributed by atoms with Gasteiger partial charge in [-0.15, -0.1) is 0 Å². The fraction of sp³-hybridized carbons (Fsp3) is 0.333. The molecule has 146 valence electrons. The molecule has 1 amide bonds. The van der Waals surface area contributed by atoms with E-state index >= 15 is 0 Å². The zero-order chi connectivity index (χ0) is 20.6. The summed E-state index contributed by atoms with van der Waals surface area (Å²) in [4.78, 5) is 41.6. The average Bonchev–Trinajstić information content (AvgIpc) is 2.64. The average molecular weight is 380 g/mol. The molecule has 0 spiro atoms. The standard InChI is InChI=1S/C21H24N4O3/c1-12-7-6-8-15(11-12)23-17(26)10-9-16-13(2)18-19(22-14(16)3)24(4)21(28)25(5)20(18)27/h6-8,11H,9-10H2,1-5H3,(H,23,26). The van der Waals surface area contributed by atoms with Crippen molar-refractivity contribution in [1.82, 2.24) is 14.1 Å². The number of aromatic nitrogens is 3. The molecule has 0 radical (unpaired) electrons. The van der Waals surface area contributed by atoms with Gasteiger partial charge >= 0.3 is 5.69 Å². The zero-order valence-electron chi connectivity index (χ0n) is 16.8. The molecule has 28 heavy (non-hydrogen) atoms. The molecule has 2 heterocycles. The second-order valence-electron chi connectivity index (χ2n) is 7.12. The summed E-state index contributed by atoms with van der Waals surface area (Å²) in [7, 11) is 3.06. The molecule has 7 nitrogen and oxygen atoms in total. The lowest BCUT2D eigenvalue weighted by Crippen LogP contribution is -2.38. The van der Waals surface area contributed by atoms with Gasteiger partial charge in [0.05, 0.1) is 5.39 Å². The maximum absolute atomic E-state index is 12.6. The first-order valence-corrected chi connectivity index (χ1v) is 9.13. The third-order valence-electron chi connectivity index (χ3n) is 5.08. The fourth-order valence-electron chi connectivity index (χ4n) is 3.49. The summed E-state index contributed by atoms with van der Waals surface area (Å²) in [6.07, 6.45) is 0.735. The summed E-state index contributed by atoms with van der Waals surface area (Å²) in [6.45, 7) is 5.65. The number of fused-ring (bicyclic) bond motifs is 1. The van der Waals surface area contributed by atoms with E-state index in [2.05, 4.69) is 10.3 Å². The van der Waals surface area contributed by atoms with Gasteiger partial charge in [-0.05, 0) is 56.0 Å². The molecular formula is C21H24N4O3. The van der Waals surface area contributed by atoms with E-state index in [1.165, 1.54) is 11.6 Å². The van der Waals surface area contributed by atoms with Crippen LogP contribution in [0.4, 0.5) is 5.69 Å². The highest BCUT2D eigenvalue weighted by molar-refractivity contribution is 5.91. The number of amides is 1. The van der Waals surface area contributed by atoms with E-state index in [1.54, 1.807) is 7.05 Å². The van der Waals surface area contributed by atoms with Gasteiger partial charge < -0.3 is 5.32 Å². The molecule has 3 aromatic rings. The predicted octanol–water partition coefficient (Wildman–Crippen LogP) is 2.13. The minimum Gasteiger partial charge on any atom is -0.326 e. The first-order chi connectivity index (χ1) is 13.2. The molecule has 0 fully saturated rings. The number of hydrogen-bond acceptors (Lipinski definition) is 4. The first-order valence-electron chi connectivity index (χ1n) is 9.13. The summed E-state index contributed by atoms with van der Waals surface area (Å²) >= 11 is 0. The Morgan fingerprint density at radius 3 is 2.50 bits per heavy atom. The number of pyridine rings is 1. The van der Waals surface area contributed by atoms with Crippen LogP contribution in [0.3, 0.4) is 0 Å². The van der Waals surface area contributed by atoms with Crippen molar-refractivity contribution in [2.45, 2.75) is 33.6 Å². The molecule has 0 saturated heterocycles. The first kappa shape index (κ1) is 19.5. The van der Waals surface area contributed by atoms with Crippen LogP contribution >= 0.6 is 0 Å². The highest BCUT2D eigenvalue weighted by Gasteiger charge is 2.17. The van der Waals surface area contributed by atoms with Gasteiger partial charge in [0.25, 0.3) is 5.56 Å². The van der Waals surface area contributed by atoms with E-state index in [0.717, 1.165) is 32.6 Å². The van der Waals surface area contributed by atoms with Crippen molar-refractivity contribution < 1.29 is 4.79 Å². The topological polar surface area (TPSA) is 86.0 Å². The Labute approximate surface area is 162 Å². The summed E-state index contributed by atoms with van der Waals surface area (Å²) in [5, 5.41) is 3.32. The largest absolute Gasteiger partial charge is 0.332 e. The van der Waals surface area contributed by atoms with Gasteiger partial charge in [-0.1, -0.05) is 12.1 Å². The summed E-state index contributed by atoms with van der Waals surface area (Å²) in [5.41, 5.74) is 3.78. The van der Waals surface area contributed by atoms with E-state index in [9.17, 15) is 14.4 Å². The van der Waals surface area contributed by atoms with Crippen molar-refractivity contribution in [2.24, 2.45) is 14.1 Å². The summed E-state index contributed by atoms with van der Waals surface area (Å²) < 4.78 is 2.46. The summed E-state index contributed by atoms with van der Waals surface area (Å²) in [6, 6.07) is 7.63. The number of carbonyl (C=O) groups excluding carboxylic acids is 1. The van der Waals surface area contributed by atoms with Gasteiger partial charge in [0, 0.05) is 31.9 Å². The second-order valence-corrected chi connectivity index (χ2v) is 7.12. The molecule has 0 aliphatic carbocycles. The SMILES string of the molecule is Cc1cccc(NC(=O)CCc2c(C)nc3c(c2C)c(=O)n(C)c(=O)n3C)c1. The van der Waals surface area contributed by atoms with E-state index in [4.69, 9.17) is 0 Å². The Balaban J connectivity index is 1.92. The smallest absolute Gasteiger partial charge is 0.326 e. The molecule has 0 atom stereocenters. The fourth-order valence-corrected chi connectivity index (χ4v) is 3.49. The number of hydrogen-bond donors (Lipinski definition) is 1. The monoisotopic (exact) mass is 380 g/mol. The normalized spacial score (nSPS) is 11.0. The molecular weight excluding hydrogens is 356 g/mol. The number of carbonyl (C=O) groups is 1. The van der Waals surface area contributed by atoms with Crippen LogP contribution in [0.2, 0.25) is 0 Å². The lowest BCUT2D eigenvalue weighted by molar-refractivity contribution is -0.116. The van der Waals surface area contributed by atoms with Gasteiger partial charge in [-0.3, -0.25) is 18.7 Å². The van der Waals surface area contributed by atoms with Crippen LogP contribution in [0.15, 0.2) is 33.9 Å². The highest BCUT2D eigenvalue weighted by atomic mass is 16.2.